The van der Waals surface area contributed by atoms with Crippen LogP contribution in [0.15, 0.2) is 30.3 Å². The first kappa shape index (κ1) is 12.1. The number of hydrogen-bond acceptors (Lipinski definition) is 2. The summed E-state index contributed by atoms with van der Waals surface area (Å²) in [6, 6.07) is 7.38. The van der Waals surface area contributed by atoms with Crippen LogP contribution in [-0.2, 0) is 4.79 Å². The molecular weight excluding hydrogens is 238 g/mol. The highest BCUT2D eigenvalue weighted by atomic mass is 35.5. The first-order valence-corrected chi connectivity index (χ1v) is 5.91. The molecular formula is C13H14ClNO2. The Morgan fingerprint density at radius 2 is 2.18 bits per heavy atom. The number of carbonyl (C=O) groups is 1. The summed E-state index contributed by atoms with van der Waals surface area (Å²) >= 11 is 5.97. The van der Waals surface area contributed by atoms with Crippen molar-refractivity contribution in [2.24, 2.45) is 5.92 Å². The van der Waals surface area contributed by atoms with Gasteiger partial charge in [0.15, 0.2) is 0 Å². The van der Waals surface area contributed by atoms with Crippen molar-refractivity contribution in [1.82, 2.24) is 4.90 Å². The highest BCUT2D eigenvalue weighted by Gasteiger charge is 2.28. The third-order valence-electron chi connectivity index (χ3n) is 2.84. The number of amides is 1. The number of carbonyl (C=O) groups excluding carboxylic acids is 1. The molecule has 0 atom stereocenters. The van der Waals surface area contributed by atoms with Crippen molar-refractivity contribution in [3.05, 3.63) is 40.9 Å². The van der Waals surface area contributed by atoms with Crippen LogP contribution >= 0.6 is 11.6 Å². The van der Waals surface area contributed by atoms with E-state index in [2.05, 4.69) is 0 Å². The Morgan fingerprint density at radius 3 is 2.82 bits per heavy atom. The van der Waals surface area contributed by atoms with Gasteiger partial charge in [-0.3, -0.25) is 4.79 Å². The Labute approximate surface area is 105 Å². The molecule has 1 amide bonds. The molecule has 0 aromatic heterocycles. The molecule has 3 nitrogen and oxygen atoms in total. The van der Waals surface area contributed by atoms with Crippen LogP contribution in [0.2, 0.25) is 5.02 Å². The lowest BCUT2D eigenvalue weighted by molar-refractivity contribution is -0.132. The number of nitrogens with zero attached hydrogens (tertiary/aromatic N) is 1. The molecule has 90 valence electrons. The second kappa shape index (κ2) is 5.34. The number of aliphatic hydroxyl groups excluding tert-OH is 1. The van der Waals surface area contributed by atoms with E-state index in [0.717, 1.165) is 5.56 Å². The van der Waals surface area contributed by atoms with Crippen LogP contribution in [0.25, 0.3) is 6.08 Å². The molecule has 4 heteroatoms. The molecule has 1 saturated heterocycles. The number of rotatable bonds is 3. The summed E-state index contributed by atoms with van der Waals surface area (Å²) in [5.41, 5.74) is 0.835. The van der Waals surface area contributed by atoms with E-state index in [4.69, 9.17) is 16.7 Å². The highest BCUT2D eigenvalue weighted by molar-refractivity contribution is 6.32. The Hall–Kier alpha value is -1.32. The van der Waals surface area contributed by atoms with Gasteiger partial charge in [-0.2, -0.15) is 0 Å². The third kappa shape index (κ3) is 2.87. The van der Waals surface area contributed by atoms with Crippen LogP contribution in [0.3, 0.4) is 0 Å². The summed E-state index contributed by atoms with van der Waals surface area (Å²) in [5, 5.41) is 9.49. The van der Waals surface area contributed by atoms with E-state index in [1.54, 1.807) is 17.0 Å². The number of hydrogen-bond donors (Lipinski definition) is 1. The molecule has 0 saturated carbocycles. The number of likely N-dealkylation sites (tertiary alicyclic amines) is 1. The molecule has 2 rings (SSSR count). The molecule has 17 heavy (non-hydrogen) atoms. The highest BCUT2D eigenvalue weighted by Crippen LogP contribution is 2.18. The molecule has 1 N–H and O–H groups in total. The average molecular weight is 252 g/mol. The molecule has 0 aliphatic carbocycles. The minimum Gasteiger partial charge on any atom is -0.396 e. The van der Waals surface area contributed by atoms with Crippen LogP contribution in [0.4, 0.5) is 0 Å². The van der Waals surface area contributed by atoms with Gasteiger partial charge < -0.3 is 10.0 Å². The molecule has 1 aliphatic heterocycles. The first-order valence-electron chi connectivity index (χ1n) is 5.53. The molecule has 0 radical (unpaired) electrons. The van der Waals surface area contributed by atoms with Crippen molar-refractivity contribution in [2.75, 3.05) is 19.7 Å². The lowest BCUT2D eigenvalue weighted by Crippen LogP contribution is -2.50. The van der Waals surface area contributed by atoms with Crippen LogP contribution in [0, 0.1) is 5.92 Å². The van der Waals surface area contributed by atoms with Crippen molar-refractivity contribution in [2.45, 2.75) is 0 Å². The van der Waals surface area contributed by atoms with Crippen LogP contribution < -0.4 is 0 Å². The Morgan fingerprint density at radius 1 is 1.47 bits per heavy atom. The van der Waals surface area contributed by atoms with Gasteiger partial charge in [-0.15, -0.1) is 0 Å². The monoisotopic (exact) mass is 251 g/mol. The van der Waals surface area contributed by atoms with Crippen molar-refractivity contribution in [3.8, 4) is 0 Å². The van der Waals surface area contributed by atoms with E-state index in [-0.39, 0.29) is 18.4 Å². The molecule has 0 unspecified atom stereocenters. The predicted molar refractivity (Wildman–Crippen MR) is 67.6 cm³/mol. The zero-order valence-electron chi connectivity index (χ0n) is 9.34. The molecule has 1 aliphatic rings. The molecule has 1 aromatic carbocycles. The minimum atomic E-state index is -0.0328. The fraction of sp³-hybridized carbons (Fsp3) is 0.308. The first-order chi connectivity index (χ1) is 8.20. The molecule has 0 bridgehead atoms. The van der Waals surface area contributed by atoms with Crippen LogP contribution in [0.1, 0.15) is 5.56 Å². The van der Waals surface area contributed by atoms with Crippen molar-refractivity contribution in [3.63, 3.8) is 0 Å². The van der Waals surface area contributed by atoms with Gasteiger partial charge in [-0.05, 0) is 17.7 Å². The zero-order chi connectivity index (χ0) is 12.3. The van der Waals surface area contributed by atoms with Crippen molar-refractivity contribution >= 4 is 23.6 Å². The quantitative estimate of drug-likeness (QED) is 0.833. The van der Waals surface area contributed by atoms with Crippen LogP contribution in [-0.4, -0.2) is 35.6 Å². The zero-order valence-corrected chi connectivity index (χ0v) is 10.1. The van der Waals surface area contributed by atoms with Gasteiger partial charge in [-0.25, -0.2) is 0 Å². The SMILES string of the molecule is O=C(C=Cc1ccccc1Cl)N1CC(CO)C1. The number of aliphatic hydroxyl groups is 1. The van der Waals surface area contributed by atoms with Gasteiger partial charge in [0.2, 0.25) is 5.91 Å². The number of benzene rings is 1. The lowest BCUT2D eigenvalue weighted by Gasteiger charge is -2.37. The van der Waals surface area contributed by atoms with Gasteiger partial charge >= 0.3 is 0 Å². The van der Waals surface area contributed by atoms with E-state index in [9.17, 15) is 4.79 Å². The average Bonchev–Trinajstić information content (AvgIpc) is 2.26. The fourth-order valence-corrected chi connectivity index (χ4v) is 1.94. The summed E-state index contributed by atoms with van der Waals surface area (Å²) < 4.78 is 0. The number of halogens is 1. The van der Waals surface area contributed by atoms with E-state index < -0.39 is 0 Å². The summed E-state index contributed by atoms with van der Waals surface area (Å²) in [6.07, 6.45) is 3.24. The minimum absolute atomic E-state index is 0.0328. The van der Waals surface area contributed by atoms with E-state index in [1.807, 2.05) is 18.2 Å². The Kier molecular flexibility index (Phi) is 3.82. The van der Waals surface area contributed by atoms with E-state index in [0.29, 0.717) is 18.1 Å². The molecule has 1 aromatic rings. The van der Waals surface area contributed by atoms with Gasteiger partial charge in [0.25, 0.3) is 0 Å². The molecule has 0 spiro atoms. The van der Waals surface area contributed by atoms with Gasteiger partial charge in [0.1, 0.15) is 0 Å². The summed E-state index contributed by atoms with van der Waals surface area (Å²) in [4.78, 5) is 13.4. The molecule has 1 heterocycles. The topological polar surface area (TPSA) is 40.5 Å². The smallest absolute Gasteiger partial charge is 0.246 e. The van der Waals surface area contributed by atoms with Gasteiger partial charge in [-0.1, -0.05) is 29.8 Å². The maximum atomic E-state index is 11.7. The maximum Gasteiger partial charge on any atom is 0.246 e. The van der Waals surface area contributed by atoms with E-state index >= 15 is 0 Å². The second-order valence-electron chi connectivity index (χ2n) is 4.15. The normalized spacial score (nSPS) is 16.2. The van der Waals surface area contributed by atoms with Crippen molar-refractivity contribution < 1.29 is 9.90 Å². The molecule has 1 fully saturated rings. The summed E-state index contributed by atoms with van der Waals surface area (Å²) in [5.74, 6) is 0.210. The third-order valence-corrected chi connectivity index (χ3v) is 3.18. The Balaban J connectivity index is 1.93. The van der Waals surface area contributed by atoms with Gasteiger partial charge in [0, 0.05) is 36.7 Å². The Bertz CT molecular complexity index is 439. The van der Waals surface area contributed by atoms with E-state index in [1.165, 1.54) is 6.08 Å². The fourth-order valence-electron chi connectivity index (χ4n) is 1.74. The van der Waals surface area contributed by atoms with Crippen LogP contribution in [0.5, 0.6) is 0 Å². The summed E-state index contributed by atoms with van der Waals surface area (Å²) in [7, 11) is 0. The predicted octanol–water partition coefficient (Wildman–Crippen LogP) is 1.80. The lowest BCUT2D eigenvalue weighted by atomic mass is 10.0. The van der Waals surface area contributed by atoms with Crippen molar-refractivity contribution in [1.29, 1.82) is 0 Å². The standard InChI is InChI=1S/C13H14ClNO2/c14-12-4-2-1-3-11(12)5-6-13(17)15-7-10(8-15)9-16/h1-6,10,16H,7-9H2. The second-order valence-corrected chi connectivity index (χ2v) is 4.55. The summed E-state index contributed by atoms with van der Waals surface area (Å²) in [6.45, 7) is 1.43. The largest absolute Gasteiger partial charge is 0.396 e. The van der Waals surface area contributed by atoms with Gasteiger partial charge in [0.05, 0.1) is 0 Å². The maximum absolute atomic E-state index is 11.7.